The number of anilines is 1. The highest BCUT2D eigenvalue weighted by molar-refractivity contribution is 5.92. The van der Waals surface area contributed by atoms with E-state index < -0.39 is 0 Å². The topological polar surface area (TPSA) is 64.3 Å². The smallest absolute Gasteiger partial charge is 0.224 e. The molecule has 1 fully saturated rings. The van der Waals surface area contributed by atoms with E-state index in [1.54, 1.807) is 0 Å². The Hall–Kier alpha value is -1.55. The Morgan fingerprint density at radius 3 is 2.75 bits per heavy atom. The van der Waals surface area contributed by atoms with Crippen LogP contribution < -0.4 is 15.8 Å². The third-order valence-corrected chi connectivity index (χ3v) is 4.68. The quantitative estimate of drug-likeness (QED) is 0.747. The van der Waals surface area contributed by atoms with Gasteiger partial charge >= 0.3 is 0 Å². The summed E-state index contributed by atoms with van der Waals surface area (Å²) in [7, 11) is 0. The van der Waals surface area contributed by atoms with Crippen LogP contribution in [0.2, 0.25) is 0 Å². The molecule has 1 aliphatic carbocycles. The molecule has 1 aromatic carbocycles. The van der Waals surface area contributed by atoms with Gasteiger partial charge in [-0.25, -0.2) is 0 Å². The molecule has 1 saturated carbocycles. The highest BCUT2D eigenvalue weighted by Gasteiger charge is 2.16. The number of benzene rings is 1. The van der Waals surface area contributed by atoms with Gasteiger partial charge in [0, 0.05) is 12.5 Å². The Labute approximate surface area is 146 Å². The van der Waals surface area contributed by atoms with Gasteiger partial charge in [0.15, 0.2) is 0 Å². The summed E-state index contributed by atoms with van der Waals surface area (Å²) in [6.45, 7) is 4.51. The molecular formula is C20H32N2O2. The van der Waals surface area contributed by atoms with Crippen LogP contribution in [0.3, 0.4) is 0 Å². The Balaban J connectivity index is 1.92. The molecular weight excluding hydrogens is 300 g/mol. The number of nitrogens with one attached hydrogen (secondary N) is 1. The molecule has 0 spiro atoms. The first-order valence-electron chi connectivity index (χ1n) is 9.39. The summed E-state index contributed by atoms with van der Waals surface area (Å²) in [6, 6.07) is 6.04. The van der Waals surface area contributed by atoms with Crippen LogP contribution in [0, 0.1) is 5.92 Å². The number of rotatable bonds is 8. The average molecular weight is 332 g/mol. The lowest BCUT2D eigenvalue weighted by Gasteiger charge is -2.21. The lowest BCUT2D eigenvalue weighted by molar-refractivity contribution is -0.116. The van der Waals surface area contributed by atoms with Gasteiger partial charge in [-0.05, 0) is 50.3 Å². The minimum absolute atomic E-state index is 0.0847. The zero-order chi connectivity index (χ0) is 17.4. The zero-order valence-electron chi connectivity index (χ0n) is 15.1. The summed E-state index contributed by atoms with van der Waals surface area (Å²) >= 11 is 0. The first-order chi connectivity index (χ1) is 11.6. The number of hydrogen-bond donors (Lipinski definition) is 2. The van der Waals surface area contributed by atoms with E-state index in [4.69, 9.17) is 10.5 Å². The van der Waals surface area contributed by atoms with Crippen molar-refractivity contribution in [2.45, 2.75) is 71.3 Å². The zero-order valence-corrected chi connectivity index (χ0v) is 15.1. The Morgan fingerprint density at radius 2 is 2.08 bits per heavy atom. The predicted octanol–water partition coefficient (Wildman–Crippen LogP) is 4.27. The van der Waals surface area contributed by atoms with Gasteiger partial charge in [-0.1, -0.05) is 38.2 Å². The van der Waals surface area contributed by atoms with E-state index in [2.05, 4.69) is 5.32 Å². The molecule has 0 radical (unpaired) electrons. The number of nitrogens with two attached hydrogens (primary N) is 1. The van der Waals surface area contributed by atoms with Gasteiger partial charge in [-0.15, -0.1) is 0 Å². The van der Waals surface area contributed by atoms with Gasteiger partial charge in [-0.2, -0.15) is 0 Å². The normalized spacial score (nSPS) is 16.6. The van der Waals surface area contributed by atoms with Crippen molar-refractivity contribution < 1.29 is 9.53 Å². The summed E-state index contributed by atoms with van der Waals surface area (Å²) in [6.07, 6.45) is 8.96. The van der Waals surface area contributed by atoms with Crippen molar-refractivity contribution in [2.75, 3.05) is 11.9 Å². The van der Waals surface area contributed by atoms with Gasteiger partial charge < -0.3 is 15.8 Å². The number of amides is 1. The minimum Gasteiger partial charge on any atom is -0.492 e. The van der Waals surface area contributed by atoms with Crippen molar-refractivity contribution in [3.05, 3.63) is 23.8 Å². The molecule has 1 aromatic rings. The second-order valence-corrected chi connectivity index (χ2v) is 7.04. The molecule has 0 aliphatic heterocycles. The van der Waals surface area contributed by atoms with Gasteiger partial charge in [0.2, 0.25) is 5.91 Å². The van der Waals surface area contributed by atoms with Crippen molar-refractivity contribution in [3.8, 4) is 5.75 Å². The molecule has 1 atom stereocenters. The molecule has 0 bridgehead atoms. The van der Waals surface area contributed by atoms with E-state index in [0.29, 0.717) is 13.0 Å². The van der Waals surface area contributed by atoms with Crippen LogP contribution in [-0.4, -0.2) is 18.6 Å². The summed E-state index contributed by atoms with van der Waals surface area (Å²) in [4.78, 5) is 12.3. The first kappa shape index (κ1) is 18.8. The van der Waals surface area contributed by atoms with E-state index in [-0.39, 0.29) is 11.9 Å². The van der Waals surface area contributed by atoms with Crippen molar-refractivity contribution >= 4 is 11.6 Å². The molecule has 3 N–H and O–H groups in total. The largest absolute Gasteiger partial charge is 0.492 e. The van der Waals surface area contributed by atoms with Gasteiger partial charge in [0.1, 0.15) is 5.75 Å². The van der Waals surface area contributed by atoms with E-state index >= 15 is 0 Å². The maximum Gasteiger partial charge on any atom is 0.224 e. The summed E-state index contributed by atoms with van der Waals surface area (Å²) in [5.41, 5.74) is 7.76. The fourth-order valence-corrected chi connectivity index (χ4v) is 3.47. The SMILES string of the molecule is CCOc1cc(CC(C)N)ccc1NC(=O)CCC1CCCCC1. The lowest BCUT2D eigenvalue weighted by Crippen LogP contribution is -2.18. The van der Waals surface area contributed by atoms with Crippen LogP contribution in [-0.2, 0) is 11.2 Å². The standard InChI is InChI=1S/C20H32N2O2/c1-3-24-19-14-17(13-15(2)21)9-11-18(19)22-20(23)12-10-16-7-5-4-6-8-16/h9,11,14-16H,3-8,10,12-13,21H2,1-2H3,(H,22,23). The van der Waals surface area contributed by atoms with Crippen LogP contribution in [0.1, 0.15) is 64.4 Å². The highest BCUT2D eigenvalue weighted by atomic mass is 16.5. The molecule has 1 unspecified atom stereocenters. The van der Waals surface area contributed by atoms with Gasteiger partial charge in [-0.3, -0.25) is 4.79 Å². The van der Waals surface area contributed by atoms with E-state index in [9.17, 15) is 4.79 Å². The summed E-state index contributed by atoms with van der Waals surface area (Å²) < 4.78 is 5.70. The van der Waals surface area contributed by atoms with Crippen LogP contribution >= 0.6 is 0 Å². The molecule has 1 aliphatic rings. The van der Waals surface area contributed by atoms with E-state index in [0.717, 1.165) is 35.8 Å². The second-order valence-electron chi connectivity index (χ2n) is 7.04. The molecule has 1 amide bonds. The minimum atomic E-state index is 0.0847. The molecule has 4 heteroatoms. The molecule has 134 valence electrons. The average Bonchev–Trinajstić information content (AvgIpc) is 2.56. The predicted molar refractivity (Wildman–Crippen MR) is 99.4 cm³/mol. The molecule has 0 heterocycles. The Morgan fingerprint density at radius 1 is 1.33 bits per heavy atom. The number of carbonyl (C=O) groups is 1. The van der Waals surface area contributed by atoms with Gasteiger partial charge in [0.25, 0.3) is 0 Å². The fourth-order valence-electron chi connectivity index (χ4n) is 3.47. The maximum atomic E-state index is 12.3. The first-order valence-corrected chi connectivity index (χ1v) is 9.39. The number of ether oxygens (including phenoxy) is 1. The van der Waals surface area contributed by atoms with Crippen LogP contribution in [0.4, 0.5) is 5.69 Å². The van der Waals surface area contributed by atoms with Crippen LogP contribution in [0.5, 0.6) is 5.75 Å². The van der Waals surface area contributed by atoms with Crippen molar-refractivity contribution in [1.82, 2.24) is 0 Å². The van der Waals surface area contributed by atoms with Crippen molar-refractivity contribution in [2.24, 2.45) is 11.7 Å². The van der Waals surface area contributed by atoms with Gasteiger partial charge in [0.05, 0.1) is 12.3 Å². The van der Waals surface area contributed by atoms with Crippen molar-refractivity contribution in [1.29, 1.82) is 0 Å². The molecule has 0 saturated heterocycles. The Bertz CT molecular complexity index is 522. The molecule has 2 rings (SSSR count). The van der Waals surface area contributed by atoms with Crippen LogP contribution in [0.25, 0.3) is 0 Å². The van der Waals surface area contributed by atoms with E-state index in [1.807, 2.05) is 32.0 Å². The number of hydrogen-bond acceptors (Lipinski definition) is 3. The summed E-state index contributed by atoms with van der Waals surface area (Å²) in [5, 5.41) is 3.02. The lowest BCUT2D eigenvalue weighted by atomic mass is 9.86. The summed E-state index contributed by atoms with van der Waals surface area (Å²) in [5.74, 6) is 1.55. The monoisotopic (exact) mass is 332 g/mol. The molecule has 0 aromatic heterocycles. The molecule has 24 heavy (non-hydrogen) atoms. The molecule has 4 nitrogen and oxygen atoms in total. The second kappa shape index (κ2) is 9.67. The third-order valence-electron chi connectivity index (χ3n) is 4.68. The van der Waals surface area contributed by atoms with E-state index in [1.165, 1.54) is 32.1 Å². The van der Waals surface area contributed by atoms with Crippen molar-refractivity contribution in [3.63, 3.8) is 0 Å². The Kier molecular flexibility index (Phi) is 7.57. The highest BCUT2D eigenvalue weighted by Crippen LogP contribution is 2.29. The fraction of sp³-hybridized carbons (Fsp3) is 0.650. The maximum absolute atomic E-state index is 12.3. The number of carbonyl (C=O) groups excluding carboxylic acids is 1. The third kappa shape index (κ3) is 6.16. The van der Waals surface area contributed by atoms with Crippen LogP contribution in [0.15, 0.2) is 18.2 Å².